The van der Waals surface area contributed by atoms with Crippen LogP contribution in [0.4, 0.5) is 5.69 Å². The van der Waals surface area contributed by atoms with Gasteiger partial charge >= 0.3 is 0 Å². The van der Waals surface area contributed by atoms with Crippen molar-refractivity contribution in [3.8, 4) is 0 Å². The number of carbonyl (C=O) groups is 3. The van der Waals surface area contributed by atoms with Crippen LogP contribution < -0.4 is 4.90 Å². The Morgan fingerprint density at radius 3 is 2.43 bits per heavy atom. The molecule has 3 amide bonds. The van der Waals surface area contributed by atoms with Crippen LogP contribution >= 0.6 is 22.6 Å². The molecule has 30 heavy (non-hydrogen) atoms. The van der Waals surface area contributed by atoms with E-state index in [1.165, 1.54) is 16.1 Å². The molecule has 7 heteroatoms. The third-order valence-electron chi connectivity index (χ3n) is 5.01. The number of rotatable bonds is 6. The number of furan rings is 1. The van der Waals surface area contributed by atoms with Gasteiger partial charge in [-0.3, -0.25) is 14.4 Å². The molecule has 1 saturated heterocycles. The second-order valence-corrected chi connectivity index (χ2v) is 8.27. The summed E-state index contributed by atoms with van der Waals surface area (Å²) in [5, 5.41) is 0. The minimum Gasteiger partial charge on any atom is -0.467 e. The van der Waals surface area contributed by atoms with Crippen molar-refractivity contribution in [1.29, 1.82) is 0 Å². The van der Waals surface area contributed by atoms with E-state index in [0.717, 1.165) is 9.13 Å². The van der Waals surface area contributed by atoms with Crippen molar-refractivity contribution in [2.24, 2.45) is 0 Å². The average molecular weight is 514 g/mol. The third-order valence-corrected chi connectivity index (χ3v) is 5.73. The quantitative estimate of drug-likeness (QED) is 0.371. The van der Waals surface area contributed by atoms with Gasteiger partial charge in [0.2, 0.25) is 11.8 Å². The fraction of sp³-hybridized carbons (Fsp3) is 0.174. The second kappa shape index (κ2) is 8.83. The zero-order valence-corrected chi connectivity index (χ0v) is 18.2. The maximum Gasteiger partial charge on any atom is 0.257 e. The summed E-state index contributed by atoms with van der Waals surface area (Å²) in [5.41, 5.74) is 1.36. The summed E-state index contributed by atoms with van der Waals surface area (Å²) in [4.78, 5) is 41.7. The lowest BCUT2D eigenvalue weighted by atomic mass is 10.1. The minimum absolute atomic E-state index is 0.0495. The monoisotopic (exact) mass is 514 g/mol. The predicted molar refractivity (Wildman–Crippen MR) is 119 cm³/mol. The summed E-state index contributed by atoms with van der Waals surface area (Å²) in [6.45, 7) is 0.128. The first-order valence-corrected chi connectivity index (χ1v) is 10.6. The minimum atomic E-state index is -0.863. The van der Waals surface area contributed by atoms with E-state index in [-0.39, 0.29) is 31.2 Å². The summed E-state index contributed by atoms with van der Waals surface area (Å²) in [6.07, 6.45) is 1.61. The lowest BCUT2D eigenvalue weighted by molar-refractivity contribution is -0.138. The largest absolute Gasteiger partial charge is 0.467 e. The second-order valence-electron chi connectivity index (χ2n) is 7.03. The van der Waals surface area contributed by atoms with Gasteiger partial charge in [-0.05, 0) is 64.6 Å². The van der Waals surface area contributed by atoms with Gasteiger partial charge in [0.05, 0.1) is 31.3 Å². The van der Waals surface area contributed by atoms with Crippen LogP contribution in [0, 0.1) is 3.57 Å². The fourth-order valence-electron chi connectivity index (χ4n) is 3.54. The van der Waals surface area contributed by atoms with Crippen molar-refractivity contribution in [2.45, 2.75) is 25.4 Å². The van der Waals surface area contributed by atoms with Gasteiger partial charge in [0.25, 0.3) is 5.91 Å². The molecule has 0 spiro atoms. The first kappa shape index (κ1) is 20.3. The summed E-state index contributed by atoms with van der Waals surface area (Å²) < 4.78 is 6.41. The van der Waals surface area contributed by atoms with Crippen LogP contribution in [0.15, 0.2) is 77.4 Å². The lowest BCUT2D eigenvalue weighted by Crippen LogP contribution is -2.45. The van der Waals surface area contributed by atoms with E-state index in [1.807, 2.05) is 42.5 Å². The number of carbonyl (C=O) groups excluding carboxylic acids is 3. The standard InChI is InChI=1S/C23H19IN2O4/c24-17-8-10-18(11-9-17)26-22(28)14-20(23(26)29)25(15-19-7-4-12-30-19)21(27)13-16-5-2-1-3-6-16/h1-12,20H,13-15H2. The summed E-state index contributed by atoms with van der Waals surface area (Å²) in [7, 11) is 0. The molecule has 0 bridgehead atoms. The van der Waals surface area contributed by atoms with Crippen LogP contribution in [0.25, 0.3) is 0 Å². The summed E-state index contributed by atoms with van der Waals surface area (Å²) in [6, 6.07) is 19.1. The number of halogens is 1. The summed E-state index contributed by atoms with van der Waals surface area (Å²) >= 11 is 2.16. The Bertz CT molecular complexity index is 1050. The normalized spacial score (nSPS) is 16.2. The topological polar surface area (TPSA) is 70.8 Å². The van der Waals surface area contributed by atoms with Crippen molar-refractivity contribution in [2.75, 3.05) is 4.90 Å². The van der Waals surface area contributed by atoms with E-state index in [4.69, 9.17) is 4.42 Å². The van der Waals surface area contributed by atoms with Crippen LogP contribution in [0.3, 0.4) is 0 Å². The first-order valence-electron chi connectivity index (χ1n) is 9.51. The molecule has 152 valence electrons. The van der Waals surface area contributed by atoms with Gasteiger partial charge in [0, 0.05) is 3.57 Å². The van der Waals surface area contributed by atoms with Crippen LogP contribution in [0.2, 0.25) is 0 Å². The average Bonchev–Trinajstić information content (AvgIpc) is 3.35. The molecule has 1 aliphatic rings. The summed E-state index contributed by atoms with van der Waals surface area (Å²) in [5.74, 6) is -0.380. The van der Waals surface area contributed by atoms with Crippen molar-refractivity contribution in [1.82, 2.24) is 4.90 Å². The molecule has 0 saturated carbocycles. The number of imide groups is 1. The van der Waals surface area contributed by atoms with Gasteiger partial charge < -0.3 is 9.32 Å². The zero-order valence-electron chi connectivity index (χ0n) is 16.0. The van der Waals surface area contributed by atoms with Crippen LogP contribution in [0.1, 0.15) is 17.7 Å². The van der Waals surface area contributed by atoms with Crippen LogP contribution in [0.5, 0.6) is 0 Å². The Morgan fingerprint density at radius 2 is 1.77 bits per heavy atom. The number of hydrogen-bond acceptors (Lipinski definition) is 4. The third kappa shape index (κ3) is 4.30. The van der Waals surface area contributed by atoms with Crippen LogP contribution in [-0.2, 0) is 27.3 Å². The van der Waals surface area contributed by atoms with Gasteiger partial charge in [0.15, 0.2) is 0 Å². The highest BCUT2D eigenvalue weighted by molar-refractivity contribution is 14.1. The first-order chi connectivity index (χ1) is 14.5. The zero-order chi connectivity index (χ0) is 21.1. The number of nitrogens with zero attached hydrogens (tertiary/aromatic N) is 2. The number of amides is 3. The molecular weight excluding hydrogens is 495 g/mol. The van der Waals surface area contributed by atoms with E-state index < -0.39 is 11.9 Å². The molecule has 2 aromatic carbocycles. The fourth-order valence-corrected chi connectivity index (χ4v) is 3.90. The van der Waals surface area contributed by atoms with E-state index in [9.17, 15) is 14.4 Å². The molecular formula is C23H19IN2O4. The smallest absolute Gasteiger partial charge is 0.257 e. The Kier molecular flexibility index (Phi) is 5.98. The Hall–Kier alpha value is -2.94. The number of hydrogen-bond donors (Lipinski definition) is 0. The molecule has 4 rings (SSSR count). The Balaban J connectivity index is 1.61. The highest BCUT2D eigenvalue weighted by Crippen LogP contribution is 2.28. The van der Waals surface area contributed by atoms with Crippen molar-refractivity contribution in [3.63, 3.8) is 0 Å². The van der Waals surface area contributed by atoms with Gasteiger partial charge in [-0.15, -0.1) is 0 Å². The van der Waals surface area contributed by atoms with Gasteiger partial charge in [-0.2, -0.15) is 0 Å². The molecule has 1 unspecified atom stereocenters. The molecule has 0 radical (unpaired) electrons. The van der Waals surface area contributed by atoms with E-state index in [1.54, 1.807) is 24.3 Å². The molecule has 0 N–H and O–H groups in total. The maximum absolute atomic E-state index is 13.2. The SMILES string of the molecule is O=C1CC(N(Cc2ccco2)C(=O)Cc2ccccc2)C(=O)N1c1ccc(I)cc1. The Labute approximate surface area is 187 Å². The highest BCUT2D eigenvalue weighted by Gasteiger charge is 2.44. The van der Waals surface area contributed by atoms with Crippen molar-refractivity contribution in [3.05, 3.63) is 87.9 Å². The van der Waals surface area contributed by atoms with E-state index in [0.29, 0.717) is 11.4 Å². The molecule has 3 aromatic rings. The number of anilines is 1. The Morgan fingerprint density at radius 1 is 1.03 bits per heavy atom. The highest BCUT2D eigenvalue weighted by atomic mass is 127. The van der Waals surface area contributed by atoms with Crippen molar-refractivity contribution < 1.29 is 18.8 Å². The van der Waals surface area contributed by atoms with Gasteiger partial charge in [0.1, 0.15) is 11.8 Å². The predicted octanol–water partition coefficient (Wildman–Crippen LogP) is 3.79. The van der Waals surface area contributed by atoms with Gasteiger partial charge in [-0.1, -0.05) is 30.3 Å². The lowest BCUT2D eigenvalue weighted by Gasteiger charge is -2.27. The molecule has 1 fully saturated rings. The van der Waals surface area contributed by atoms with E-state index >= 15 is 0 Å². The molecule has 6 nitrogen and oxygen atoms in total. The molecule has 1 atom stereocenters. The number of benzene rings is 2. The van der Waals surface area contributed by atoms with Gasteiger partial charge in [-0.25, -0.2) is 4.90 Å². The molecule has 0 aliphatic carbocycles. The molecule has 2 heterocycles. The van der Waals surface area contributed by atoms with Crippen molar-refractivity contribution >= 4 is 46.0 Å². The maximum atomic E-state index is 13.2. The molecule has 1 aliphatic heterocycles. The van der Waals surface area contributed by atoms with E-state index in [2.05, 4.69) is 22.6 Å². The van der Waals surface area contributed by atoms with Crippen LogP contribution in [-0.4, -0.2) is 28.7 Å². The molecule has 1 aromatic heterocycles.